The molecule has 14 heavy (non-hydrogen) atoms. The molecule has 4 nitrogen and oxygen atoms in total. The van der Waals surface area contributed by atoms with Gasteiger partial charge in [-0.15, -0.1) is 11.6 Å². The Kier molecular flexibility index (Phi) is 4.20. The maximum absolute atomic E-state index is 11.4. The Bertz CT molecular complexity index is 225. The van der Waals surface area contributed by atoms with Gasteiger partial charge in [0.2, 0.25) is 5.91 Å². The lowest BCUT2D eigenvalue weighted by Gasteiger charge is -2.29. The van der Waals surface area contributed by atoms with Gasteiger partial charge >= 0.3 is 6.03 Å². The number of hydrogen-bond donors (Lipinski definition) is 1. The average molecular weight is 219 g/mol. The second kappa shape index (κ2) is 5.20. The molecule has 0 saturated carbocycles. The van der Waals surface area contributed by atoms with Gasteiger partial charge in [-0.3, -0.25) is 10.1 Å². The van der Waals surface area contributed by atoms with Crippen LogP contribution in [0.3, 0.4) is 0 Å². The molecule has 0 aromatic heterocycles. The number of imide groups is 1. The van der Waals surface area contributed by atoms with Crippen molar-refractivity contribution in [3.8, 4) is 0 Å². The van der Waals surface area contributed by atoms with E-state index in [1.165, 1.54) is 0 Å². The molecule has 80 valence electrons. The quantitative estimate of drug-likeness (QED) is 0.673. The van der Waals surface area contributed by atoms with Crippen molar-refractivity contribution in [3.05, 3.63) is 0 Å². The lowest BCUT2D eigenvalue weighted by Crippen LogP contribution is -2.46. The molecular formula is C9H15ClN2O2. The summed E-state index contributed by atoms with van der Waals surface area (Å²) in [4.78, 5) is 23.9. The maximum atomic E-state index is 11.4. The lowest BCUT2D eigenvalue weighted by atomic mass is 10.00. The van der Waals surface area contributed by atoms with Crippen LogP contribution in [-0.2, 0) is 4.79 Å². The van der Waals surface area contributed by atoms with Crippen molar-refractivity contribution in [1.82, 2.24) is 10.2 Å². The van der Waals surface area contributed by atoms with Crippen LogP contribution in [0, 0.1) is 5.92 Å². The first kappa shape index (κ1) is 11.3. The topological polar surface area (TPSA) is 49.4 Å². The number of rotatable bonds is 1. The third kappa shape index (κ3) is 3.18. The first-order valence-corrected chi connectivity index (χ1v) is 5.31. The minimum atomic E-state index is -0.435. The van der Waals surface area contributed by atoms with E-state index >= 15 is 0 Å². The Balaban J connectivity index is 2.34. The minimum absolute atomic E-state index is 0.171. The van der Waals surface area contributed by atoms with E-state index in [2.05, 4.69) is 12.2 Å². The largest absolute Gasteiger partial charge is 0.324 e. The van der Waals surface area contributed by atoms with E-state index in [0.29, 0.717) is 5.92 Å². The second-order valence-electron chi connectivity index (χ2n) is 3.66. The summed E-state index contributed by atoms with van der Waals surface area (Å²) in [6, 6.07) is -0.317. The van der Waals surface area contributed by atoms with E-state index in [0.717, 1.165) is 25.9 Å². The van der Waals surface area contributed by atoms with E-state index < -0.39 is 5.91 Å². The van der Waals surface area contributed by atoms with Gasteiger partial charge in [0.1, 0.15) is 5.88 Å². The number of amides is 3. The summed E-state index contributed by atoms with van der Waals surface area (Å²) in [6.45, 7) is 3.62. The highest BCUT2D eigenvalue weighted by Crippen LogP contribution is 2.15. The summed E-state index contributed by atoms with van der Waals surface area (Å²) in [6.07, 6.45) is 2.00. The SMILES string of the molecule is CC1CCN(C(=O)NC(=O)CCl)CC1. The highest BCUT2D eigenvalue weighted by Gasteiger charge is 2.21. The van der Waals surface area contributed by atoms with Gasteiger partial charge in [0.25, 0.3) is 0 Å². The molecule has 0 aliphatic carbocycles. The van der Waals surface area contributed by atoms with Crippen LogP contribution < -0.4 is 5.32 Å². The fraction of sp³-hybridized carbons (Fsp3) is 0.778. The van der Waals surface area contributed by atoms with Crippen LogP contribution in [0.1, 0.15) is 19.8 Å². The van der Waals surface area contributed by atoms with Crippen LogP contribution in [0.4, 0.5) is 4.79 Å². The van der Waals surface area contributed by atoms with Crippen molar-refractivity contribution in [2.24, 2.45) is 5.92 Å². The van der Waals surface area contributed by atoms with Crippen molar-refractivity contribution in [2.45, 2.75) is 19.8 Å². The Hall–Kier alpha value is -0.770. The fourth-order valence-electron chi connectivity index (χ4n) is 1.44. The maximum Gasteiger partial charge on any atom is 0.324 e. The molecule has 1 saturated heterocycles. The molecule has 0 radical (unpaired) electrons. The molecule has 3 amide bonds. The van der Waals surface area contributed by atoms with Crippen molar-refractivity contribution < 1.29 is 9.59 Å². The monoisotopic (exact) mass is 218 g/mol. The first-order valence-electron chi connectivity index (χ1n) is 4.78. The third-order valence-corrected chi connectivity index (χ3v) is 2.68. The summed E-state index contributed by atoms with van der Waals surface area (Å²) in [5.74, 6) is 0.0637. The molecular weight excluding hydrogens is 204 g/mol. The molecule has 0 unspecified atom stereocenters. The molecule has 1 heterocycles. The zero-order valence-electron chi connectivity index (χ0n) is 8.25. The standard InChI is InChI=1S/C9H15ClN2O2/c1-7-2-4-12(5-3-7)9(14)11-8(13)6-10/h7H,2-6H2,1H3,(H,11,13,14). The molecule has 0 aromatic carbocycles. The molecule has 1 aliphatic rings. The van der Waals surface area contributed by atoms with Crippen LogP contribution in [0.25, 0.3) is 0 Å². The van der Waals surface area contributed by atoms with Crippen molar-refractivity contribution in [1.29, 1.82) is 0 Å². The molecule has 0 atom stereocenters. The number of carbonyl (C=O) groups excluding carboxylic acids is 2. The molecule has 1 rings (SSSR count). The van der Waals surface area contributed by atoms with E-state index in [1.54, 1.807) is 4.90 Å². The van der Waals surface area contributed by atoms with E-state index in [9.17, 15) is 9.59 Å². The predicted octanol–water partition coefficient (Wildman–Crippen LogP) is 1.19. The molecule has 0 aromatic rings. The van der Waals surface area contributed by atoms with Gasteiger partial charge in [-0.2, -0.15) is 0 Å². The zero-order chi connectivity index (χ0) is 10.6. The fourth-order valence-corrected chi connectivity index (χ4v) is 1.51. The van der Waals surface area contributed by atoms with Crippen molar-refractivity contribution in [2.75, 3.05) is 19.0 Å². The number of alkyl halides is 1. The normalized spacial score (nSPS) is 18.0. The molecule has 1 fully saturated rings. The van der Waals surface area contributed by atoms with Crippen molar-refractivity contribution in [3.63, 3.8) is 0 Å². The predicted molar refractivity (Wildman–Crippen MR) is 54.2 cm³/mol. The van der Waals surface area contributed by atoms with Crippen LogP contribution in [0.15, 0.2) is 0 Å². The summed E-state index contributed by atoms with van der Waals surface area (Å²) in [7, 11) is 0. The van der Waals surface area contributed by atoms with Gasteiger partial charge in [0.05, 0.1) is 0 Å². The lowest BCUT2D eigenvalue weighted by molar-refractivity contribution is -0.117. The Morgan fingerprint density at radius 3 is 2.50 bits per heavy atom. The molecule has 1 aliphatic heterocycles. The summed E-state index contributed by atoms with van der Waals surface area (Å²) < 4.78 is 0. The van der Waals surface area contributed by atoms with Gasteiger partial charge in [0.15, 0.2) is 0 Å². The first-order chi connectivity index (χ1) is 6.63. The molecule has 5 heteroatoms. The Morgan fingerprint density at radius 2 is 2.00 bits per heavy atom. The number of likely N-dealkylation sites (tertiary alicyclic amines) is 1. The molecule has 0 bridgehead atoms. The molecule has 0 spiro atoms. The minimum Gasteiger partial charge on any atom is -0.324 e. The number of urea groups is 1. The summed E-state index contributed by atoms with van der Waals surface area (Å²) >= 11 is 5.28. The zero-order valence-corrected chi connectivity index (χ0v) is 9.01. The smallest absolute Gasteiger partial charge is 0.324 e. The van der Waals surface area contributed by atoms with E-state index in [1.807, 2.05) is 0 Å². The van der Waals surface area contributed by atoms with Gasteiger partial charge in [-0.1, -0.05) is 6.92 Å². The highest BCUT2D eigenvalue weighted by atomic mass is 35.5. The number of carbonyl (C=O) groups is 2. The van der Waals surface area contributed by atoms with Crippen LogP contribution in [0.5, 0.6) is 0 Å². The van der Waals surface area contributed by atoms with Crippen LogP contribution in [0.2, 0.25) is 0 Å². The third-order valence-electron chi connectivity index (χ3n) is 2.44. The number of nitrogens with one attached hydrogen (secondary N) is 1. The van der Waals surface area contributed by atoms with Gasteiger partial charge in [-0.25, -0.2) is 4.79 Å². The summed E-state index contributed by atoms with van der Waals surface area (Å²) in [5.41, 5.74) is 0. The van der Waals surface area contributed by atoms with E-state index in [4.69, 9.17) is 11.6 Å². The Labute approximate surface area is 88.6 Å². The molecule has 1 N–H and O–H groups in total. The number of halogens is 1. The van der Waals surface area contributed by atoms with Crippen molar-refractivity contribution >= 4 is 23.5 Å². The van der Waals surface area contributed by atoms with Crippen LogP contribution in [-0.4, -0.2) is 35.8 Å². The van der Waals surface area contributed by atoms with E-state index in [-0.39, 0.29) is 11.9 Å². The summed E-state index contributed by atoms with van der Waals surface area (Å²) in [5, 5.41) is 2.23. The van der Waals surface area contributed by atoms with Gasteiger partial charge in [-0.05, 0) is 18.8 Å². The second-order valence-corrected chi connectivity index (χ2v) is 3.92. The Morgan fingerprint density at radius 1 is 1.43 bits per heavy atom. The number of hydrogen-bond acceptors (Lipinski definition) is 2. The average Bonchev–Trinajstić information content (AvgIpc) is 2.18. The van der Waals surface area contributed by atoms with Gasteiger partial charge in [0, 0.05) is 13.1 Å². The number of piperidine rings is 1. The highest BCUT2D eigenvalue weighted by molar-refractivity contribution is 6.28. The van der Waals surface area contributed by atoms with Gasteiger partial charge < -0.3 is 4.90 Å². The van der Waals surface area contributed by atoms with Crippen LogP contribution >= 0.6 is 11.6 Å². The number of nitrogens with zero attached hydrogens (tertiary/aromatic N) is 1.